The molecule has 2 heterocycles. The van der Waals surface area contributed by atoms with Crippen molar-refractivity contribution in [1.82, 2.24) is 15.2 Å². The highest BCUT2D eigenvalue weighted by Crippen LogP contribution is 2.21. The van der Waals surface area contributed by atoms with Crippen LogP contribution in [-0.2, 0) is 4.79 Å². The number of pyridine rings is 1. The average molecular weight is 366 g/mol. The topological polar surface area (TPSA) is 62.3 Å². The van der Waals surface area contributed by atoms with E-state index in [9.17, 15) is 9.59 Å². The molecule has 2 amide bonds. The third-order valence-electron chi connectivity index (χ3n) is 5.07. The SMILES string of the molecule is CC(C)[C@H](C)CC(=O)N1CCC[C@H](CNC(=O)c2ccncc2Cl)C1. The number of hydrogen-bond acceptors (Lipinski definition) is 3. The van der Waals surface area contributed by atoms with Gasteiger partial charge in [0.15, 0.2) is 0 Å². The first-order valence-electron chi connectivity index (χ1n) is 9.04. The zero-order valence-electron chi connectivity index (χ0n) is 15.3. The monoisotopic (exact) mass is 365 g/mol. The van der Waals surface area contributed by atoms with Crippen LogP contribution in [0.25, 0.3) is 0 Å². The van der Waals surface area contributed by atoms with Crippen molar-refractivity contribution in [3.63, 3.8) is 0 Å². The van der Waals surface area contributed by atoms with E-state index < -0.39 is 0 Å². The number of amides is 2. The van der Waals surface area contributed by atoms with Gasteiger partial charge in [-0.1, -0.05) is 32.4 Å². The molecule has 0 aromatic carbocycles. The summed E-state index contributed by atoms with van der Waals surface area (Å²) in [5.41, 5.74) is 0.436. The number of rotatable bonds is 6. The fourth-order valence-corrected chi connectivity index (χ4v) is 3.20. The van der Waals surface area contributed by atoms with Crippen molar-refractivity contribution in [2.75, 3.05) is 19.6 Å². The van der Waals surface area contributed by atoms with Crippen LogP contribution in [0.5, 0.6) is 0 Å². The van der Waals surface area contributed by atoms with Gasteiger partial charge >= 0.3 is 0 Å². The first-order chi connectivity index (χ1) is 11.9. The van der Waals surface area contributed by atoms with Gasteiger partial charge < -0.3 is 10.2 Å². The molecule has 0 saturated carbocycles. The van der Waals surface area contributed by atoms with E-state index in [0.29, 0.717) is 41.9 Å². The van der Waals surface area contributed by atoms with E-state index in [4.69, 9.17) is 11.6 Å². The van der Waals surface area contributed by atoms with E-state index in [1.54, 1.807) is 12.3 Å². The van der Waals surface area contributed by atoms with Gasteiger partial charge in [-0.25, -0.2) is 0 Å². The van der Waals surface area contributed by atoms with E-state index in [1.165, 1.54) is 6.20 Å². The average Bonchev–Trinajstić information content (AvgIpc) is 2.60. The second-order valence-corrected chi connectivity index (χ2v) is 7.75. The van der Waals surface area contributed by atoms with Crippen LogP contribution in [0.3, 0.4) is 0 Å². The fraction of sp³-hybridized carbons (Fsp3) is 0.632. The fourth-order valence-electron chi connectivity index (χ4n) is 2.99. The maximum atomic E-state index is 12.5. The van der Waals surface area contributed by atoms with Gasteiger partial charge in [0.25, 0.3) is 5.91 Å². The Morgan fingerprint density at radius 3 is 2.84 bits per heavy atom. The molecule has 1 aliphatic rings. The highest BCUT2D eigenvalue weighted by atomic mass is 35.5. The Kier molecular flexibility index (Phi) is 7.24. The number of nitrogens with zero attached hydrogens (tertiary/aromatic N) is 2. The van der Waals surface area contributed by atoms with Gasteiger partial charge in [-0.2, -0.15) is 0 Å². The molecule has 1 aromatic heterocycles. The third kappa shape index (κ3) is 5.70. The number of likely N-dealkylation sites (tertiary alicyclic amines) is 1. The second kappa shape index (κ2) is 9.18. The standard InChI is InChI=1S/C19H28ClN3O2/c1-13(2)14(3)9-18(24)23-8-4-5-15(12-23)10-22-19(25)16-6-7-21-11-17(16)20/h6-7,11,13-15H,4-5,8-10,12H2,1-3H3,(H,22,25)/t14-,15-/m1/s1. The summed E-state index contributed by atoms with van der Waals surface area (Å²) in [6, 6.07) is 1.61. The minimum atomic E-state index is -0.190. The van der Waals surface area contributed by atoms with Crippen LogP contribution >= 0.6 is 11.6 Å². The maximum absolute atomic E-state index is 12.5. The van der Waals surface area contributed by atoms with Crippen LogP contribution in [0.15, 0.2) is 18.5 Å². The minimum absolute atomic E-state index is 0.190. The molecule has 5 nitrogen and oxygen atoms in total. The van der Waals surface area contributed by atoms with Crippen LogP contribution in [0, 0.1) is 17.8 Å². The van der Waals surface area contributed by atoms with Gasteiger partial charge in [0.2, 0.25) is 5.91 Å². The van der Waals surface area contributed by atoms with Crippen LogP contribution in [-0.4, -0.2) is 41.3 Å². The number of carbonyl (C=O) groups excluding carboxylic acids is 2. The number of aromatic nitrogens is 1. The Hall–Kier alpha value is -1.62. The molecule has 25 heavy (non-hydrogen) atoms. The first-order valence-corrected chi connectivity index (χ1v) is 9.41. The van der Waals surface area contributed by atoms with E-state index >= 15 is 0 Å². The summed E-state index contributed by atoms with van der Waals surface area (Å²) in [6.07, 6.45) is 5.63. The molecule has 0 unspecified atom stereocenters. The lowest BCUT2D eigenvalue weighted by Crippen LogP contribution is -2.44. The quantitative estimate of drug-likeness (QED) is 0.840. The van der Waals surface area contributed by atoms with E-state index in [2.05, 4.69) is 31.1 Å². The zero-order chi connectivity index (χ0) is 18.4. The van der Waals surface area contributed by atoms with Crippen molar-refractivity contribution in [1.29, 1.82) is 0 Å². The van der Waals surface area contributed by atoms with E-state index in [0.717, 1.165) is 19.4 Å². The smallest absolute Gasteiger partial charge is 0.252 e. The summed E-state index contributed by atoms with van der Waals surface area (Å²) in [5, 5.41) is 3.29. The highest BCUT2D eigenvalue weighted by molar-refractivity contribution is 6.33. The molecule has 0 spiro atoms. The highest BCUT2D eigenvalue weighted by Gasteiger charge is 2.25. The molecular formula is C19H28ClN3O2. The molecule has 138 valence electrons. The number of piperidine rings is 1. The lowest BCUT2D eigenvalue weighted by Gasteiger charge is -2.34. The van der Waals surface area contributed by atoms with Crippen molar-refractivity contribution >= 4 is 23.4 Å². The summed E-state index contributed by atoms with van der Waals surface area (Å²) in [7, 11) is 0. The summed E-state index contributed by atoms with van der Waals surface area (Å²) in [5.74, 6) is 1.23. The van der Waals surface area contributed by atoms with Crippen LogP contribution in [0.1, 0.15) is 50.4 Å². The Morgan fingerprint density at radius 2 is 2.16 bits per heavy atom. The second-order valence-electron chi connectivity index (χ2n) is 7.34. The number of hydrogen-bond donors (Lipinski definition) is 1. The minimum Gasteiger partial charge on any atom is -0.352 e. The van der Waals surface area contributed by atoms with Gasteiger partial charge in [0, 0.05) is 38.4 Å². The molecule has 1 aliphatic heterocycles. The molecule has 1 N–H and O–H groups in total. The Morgan fingerprint density at radius 1 is 1.40 bits per heavy atom. The Labute approximate surface area is 155 Å². The van der Waals surface area contributed by atoms with Crippen molar-refractivity contribution < 1.29 is 9.59 Å². The first kappa shape index (κ1) is 19.7. The normalized spacial score (nSPS) is 18.9. The molecule has 6 heteroatoms. The van der Waals surface area contributed by atoms with E-state index in [-0.39, 0.29) is 17.7 Å². The Balaban J connectivity index is 1.84. The summed E-state index contributed by atoms with van der Waals surface area (Å²) in [6.45, 7) is 8.52. The van der Waals surface area contributed by atoms with Gasteiger partial charge in [-0.15, -0.1) is 0 Å². The van der Waals surface area contributed by atoms with Crippen LogP contribution < -0.4 is 5.32 Å². The Bertz CT molecular complexity index is 606. The number of nitrogens with one attached hydrogen (secondary N) is 1. The maximum Gasteiger partial charge on any atom is 0.252 e. The molecule has 0 aliphatic carbocycles. The zero-order valence-corrected chi connectivity index (χ0v) is 16.1. The summed E-state index contributed by atoms with van der Waals surface area (Å²) < 4.78 is 0. The van der Waals surface area contributed by atoms with E-state index in [1.807, 2.05) is 4.90 Å². The van der Waals surface area contributed by atoms with Crippen molar-refractivity contribution in [3.05, 3.63) is 29.0 Å². The number of halogens is 1. The lowest BCUT2D eigenvalue weighted by atomic mass is 9.92. The summed E-state index contributed by atoms with van der Waals surface area (Å²) >= 11 is 6.00. The van der Waals surface area contributed by atoms with Gasteiger partial charge in [0.1, 0.15) is 0 Å². The molecule has 0 bridgehead atoms. The van der Waals surface area contributed by atoms with Crippen molar-refractivity contribution in [2.24, 2.45) is 17.8 Å². The van der Waals surface area contributed by atoms with Crippen molar-refractivity contribution in [2.45, 2.75) is 40.0 Å². The van der Waals surface area contributed by atoms with Gasteiger partial charge in [-0.3, -0.25) is 14.6 Å². The molecule has 1 fully saturated rings. The lowest BCUT2D eigenvalue weighted by molar-refractivity contribution is -0.134. The van der Waals surface area contributed by atoms with Crippen LogP contribution in [0.2, 0.25) is 5.02 Å². The summed E-state index contributed by atoms with van der Waals surface area (Å²) in [4.78, 5) is 30.6. The van der Waals surface area contributed by atoms with Gasteiger partial charge in [0.05, 0.1) is 10.6 Å². The largest absolute Gasteiger partial charge is 0.352 e. The number of carbonyl (C=O) groups is 2. The van der Waals surface area contributed by atoms with Crippen molar-refractivity contribution in [3.8, 4) is 0 Å². The molecule has 1 aromatic rings. The third-order valence-corrected chi connectivity index (χ3v) is 5.38. The van der Waals surface area contributed by atoms with Gasteiger partial charge in [-0.05, 0) is 36.7 Å². The molecule has 0 radical (unpaired) electrons. The predicted molar refractivity (Wildman–Crippen MR) is 99.5 cm³/mol. The molecule has 2 rings (SSSR count). The molecule has 2 atom stereocenters. The molecular weight excluding hydrogens is 338 g/mol. The van der Waals surface area contributed by atoms with Crippen LogP contribution in [0.4, 0.5) is 0 Å². The predicted octanol–water partition coefficient (Wildman–Crippen LogP) is 3.39. The molecule has 1 saturated heterocycles.